The van der Waals surface area contributed by atoms with Gasteiger partial charge in [-0.15, -0.1) is 0 Å². The largest absolute Gasteiger partial charge is 0.370 e. The molecule has 1 aromatic rings. The number of aldehydes is 1. The number of amidine groups is 1. The number of sulfonamides is 1. The first-order valence-electron chi connectivity index (χ1n) is 10.8. The number of carbonyl (C=O) groups is 2. The summed E-state index contributed by atoms with van der Waals surface area (Å²) in [4.78, 5) is 32.0. The number of nitrogens with one attached hydrogen (secondary N) is 1. The minimum absolute atomic E-state index is 0.0186. The van der Waals surface area contributed by atoms with Gasteiger partial charge in [0.1, 0.15) is 11.5 Å². The molecule has 5 N–H and O–H groups in total. The van der Waals surface area contributed by atoms with Gasteiger partial charge in [0.2, 0.25) is 15.9 Å². The van der Waals surface area contributed by atoms with E-state index in [4.69, 9.17) is 16.3 Å². The topological polar surface area (TPSA) is 164 Å². The van der Waals surface area contributed by atoms with E-state index in [2.05, 4.69) is 15.3 Å². The molecule has 0 saturated carbocycles. The molecule has 11 nitrogen and oxygen atoms in total. The predicted molar refractivity (Wildman–Crippen MR) is 137 cm³/mol. The molecule has 2 heterocycles. The number of piperazine rings is 1. The minimum Gasteiger partial charge on any atom is -0.370 e. The van der Waals surface area contributed by atoms with Gasteiger partial charge in [-0.2, -0.15) is 4.31 Å². The molecule has 1 aromatic carbocycles. The molecule has 2 fully saturated rings. The van der Waals surface area contributed by atoms with Crippen LogP contribution in [0.3, 0.4) is 0 Å². The zero-order chi connectivity index (χ0) is 25.3. The quantitative estimate of drug-likeness (QED) is 0.271. The van der Waals surface area contributed by atoms with Crippen LogP contribution < -0.4 is 16.8 Å². The summed E-state index contributed by atoms with van der Waals surface area (Å²) >= 11 is 1.44. The standard InChI is InChI=1S/C19H29N7O3S2.C2H4O/c1-22-19-24-15(8-5-13-3-6-14(7-4-13)23-18(20)21)16(30-19)17(27)25-9-11-26(12-10-25)31(2,28)29;1-2-3/h3-4,6-7,15-16H,5,8-12H2,1-2H3,(H,22,24)(H4,20,21,23);2H,1H3. The Hall–Kier alpha value is -2.64. The summed E-state index contributed by atoms with van der Waals surface area (Å²) in [7, 11) is -1.53. The van der Waals surface area contributed by atoms with Crippen LogP contribution in [0.2, 0.25) is 0 Å². The third-order valence-electron chi connectivity index (χ3n) is 5.32. The molecule has 2 aliphatic heterocycles. The lowest BCUT2D eigenvalue weighted by molar-refractivity contribution is -0.132. The molecule has 2 saturated heterocycles. The van der Waals surface area contributed by atoms with Gasteiger partial charge >= 0.3 is 0 Å². The Balaban J connectivity index is 0.00000129. The highest BCUT2D eigenvalue weighted by molar-refractivity contribution is 8.15. The Bertz CT molecular complexity index is 1000. The molecule has 0 aliphatic carbocycles. The highest BCUT2D eigenvalue weighted by atomic mass is 32.2. The van der Waals surface area contributed by atoms with Gasteiger partial charge in [-0.1, -0.05) is 23.9 Å². The normalized spacial score (nSPS) is 21.9. The third-order valence-corrected chi connectivity index (χ3v) is 7.93. The van der Waals surface area contributed by atoms with E-state index in [-0.39, 0.29) is 23.2 Å². The summed E-state index contributed by atoms with van der Waals surface area (Å²) < 4.78 is 24.9. The molecule has 188 valence electrons. The summed E-state index contributed by atoms with van der Waals surface area (Å²) in [6.07, 6.45) is 3.49. The lowest BCUT2D eigenvalue weighted by Gasteiger charge is -2.35. The van der Waals surface area contributed by atoms with Crippen molar-refractivity contribution < 1.29 is 18.0 Å². The van der Waals surface area contributed by atoms with Gasteiger partial charge in [-0.3, -0.25) is 9.79 Å². The maximum atomic E-state index is 13.2. The Labute approximate surface area is 205 Å². The Kier molecular flexibility index (Phi) is 10.3. The number of nitrogens with zero attached hydrogens (tertiary/aromatic N) is 4. The highest BCUT2D eigenvalue weighted by Crippen LogP contribution is 2.29. The predicted octanol–water partition coefficient (Wildman–Crippen LogP) is -0.107. The molecular weight excluding hydrogens is 478 g/mol. The summed E-state index contributed by atoms with van der Waals surface area (Å²) in [6, 6.07) is 7.60. The van der Waals surface area contributed by atoms with Gasteiger partial charge in [-0.05, 0) is 37.5 Å². The third kappa shape index (κ3) is 7.99. The molecule has 3 rings (SSSR count). The van der Waals surface area contributed by atoms with Crippen molar-refractivity contribution in [1.82, 2.24) is 14.5 Å². The van der Waals surface area contributed by atoms with E-state index in [9.17, 15) is 13.2 Å². The number of aliphatic imine (C=N–C) groups is 2. The number of amides is 1. The zero-order valence-electron chi connectivity index (χ0n) is 19.7. The second-order valence-corrected chi connectivity index (χ2v) is 10.9. The van der Waals surface area contributed by atoms with Crippen molar-refractivity contribution in [1.29, 1.82) is 0 Å². The van der Waals surface area contributed by atoms with Crippen LogP contribution in [0.5, 0.6) is 0 Å². The number of rotatable bonds is 6. The summed E-state index contributed by atoms with van der Waals surface area (Å²) in [5.41, 5.74) is 12.6. The highest BCUT2D eigenvalue weighted by Gasteiger charge is 2.40. The minimum atomic E-state index is -3.23. The van der Waals surface area contributed by atoms with Gasteiger partial charge in [0.25, 0.3) is 0 Å². The van der Waals surface area contributed by atoms with Gasteiger partial charge < -0.3 is 26.5 Å². The van der Waals surface area contributed by atoms with Gasteiger partial charge in [0, 0.05) is 39.3 Å². The van der Waals surface area contributed by atoms with Crippen LogP contribution in [-0.4, -0.2) is 91.7 Å². The zero-order valence-corrected chi connectivity index (χ0v) is 21.3. The number of nitrogens with two attached hydrogens (primary N) is 2. The lowest BCUT2D eigenvalue weighted by atomic mass is 10.0. The van der Waals surface area contributed by atoms with Crippen molar-refractivity contribution in [3.05, 3.63) is 29.8 Å². The number of aryl methyl sites for hydroxylation is 1. The SMILES string of the molecule is CC=O.CN=C1NC(CCc2ccc(N=C(N)N)cc2)C(C(=O)N2CCN(S(C)(=O)=O)CC2)S1. The molecule has 2 unspecified atom stereocenters. The van der Waals surface area contributed by atoms with Crippen LogP contribution in [0, 0.1) is 0 Å². The number of hydrogen-bond acceptors (Lipinski definition) is 7. The number of guanidine groups is 1. The van der Waals surface area contributed by atoms with Crippen LogP contribution in [0.4, 0.5) is 5.69 Å². The number of thioether (sulfide) groups is 1. The van der Waals surface area contributed by atoms with Crippen molar-refractivity contribution in [2.75, 3.05) is 39.5 Å². The van der Waals surface area contributed by atoms with Crippen molar-refractivity contribution in [3.8, 4) is 0 Å². The van der Waals surface area contributed by atoms with E-state index >= 15 is 0 Å². The van der Waals surface area contributed by atoms with Crippen molar-refractivity contribution in [2.45, 2.75) is 31.1 Å². The van der Waals surface area contributed by atoms with Crippen LogP contribution >= 0.6 is 11.8 Å². The first-order valence-corrected chi connectivity index (χ1v) is 13.5. The molecular formula is C21H33N7O4S2. The number of hydrogen-bond donors (Lipinski definition) is 3. The second-order valence-electron chi connectivity index (χ2n) is 7.78. The van der Waals surface area contributed by atoms with Crippen LogP contribution in [0.1, 0.15) is 18.9 Å². The molecule has 0 bridgehead atoms. The first-order chi connectivity index (χ1) is 16.1. The van der Waals surface area contributed by atoms with Crippen molar-refractivity contribution in [2.24, 2.45) is 21.5 Å². The van der Waals surface area contributed by atoms with Gasteiger partial charge in [0.05, 0.1) is 11.9 Å². The fourth-order valence-electron chi connectivity index (χ4n) is 3.66. The van der Waals surface area contributed by atoms with E-state index in [1.165, 1.54) is 29.2 Å². The summed E-state index contributed by atoms with van der Waals surface area (Å²) in [5, 5.41) is 3.82. The molecule has 0 aromatic heterocycles. The number of benzene rings is 1. The van der Waals surface area contributed by atoms with Crippen LogP contribution in [0.15, 0.2) is 34.3 Å². The fraction of sp³-hybridized carbons (Fsp3) is 0.524. The van der Waals surface area contributed by atoms with Crippen LogP contribution in [-0.2, 0) is 26.0 Å². The van der Waals surface area contributed by atoms with E-state index < -0.39 is 10.0 Å². The molecule has 13 heteroatoms. The second kappa shape index (κ2) is 12.7. The average Bonchev–Trinajstić information content (AvgIpc) is 3.21. The monoisotopic (exact) mass is 511 g/mol. The molecule has 1 amide bonds. The van der Waals surface area contributed by atoms with Crippen molar-refractivity contribution in [3.63, 3.8) is 0 Å². The lowest BCUT2D eigenvalue weighted by Crippen LogP contribution is -2.53. The van der Waals surface area contributed by atoms with Crippen molar-refractivity contribution >= 4 is 50.8 Å². The Morgan fingerprint density at radius 1 is 1.21 bits per heavy atom. The summed E-state index contributed by atoms with van der Waals surface area (Å²) in [5.74, 6) is 0.0439. The molecule has 34 heavy (non-hydrogen) atoms. The molecule has 0 radical (unpaired) electrons. The van der Waals surface area contributed by atoms with Gasteiger partial charge in [-0.25, -0.2) is 13.4 Å². The maximum absolute atomic E-state index is 13.2. The first kappa shape index (κ1) is 27.6. The van der Waals surface area contributed by atoms with Crippen LogP contribution in [0.25, 0.3) is 0 Å². The van der Waals surface area contributed by atoms with Gasteiger partial charge in [0.15, 0.2) is 11.1 Å². The Morgan fingerprint density at radius 2 is 1.79 bits per heavy atom. The Morgan fingerprint density at radius 3 is 2.29 bits per heavy atom. The molecule has 2 atom stereocenters. The van der Waals surface area contributed by atoms with E-state index in [0.717, 1.165) is 29.9 Å². The maximum Gasteiger partial charge on any atom is 0.238 e. The molecule has 0 spiro atoms. The summed E-state index contributed by atoms with van der Waals surface area (Å²) in [6.45, 7) is 2.91. The smallest absolute Gasteiger partial charge is 0.238 e. The van der Waals surface area contributed by atoms with E-state index in [1.54, 1.807) is 11.9 Å². The average molecular weight is 512 g/mol. The number of carbonyl (C=O) groups excluding carboxylic acids is 2. The van der Waals surface area contributed by atoms with E-state index in [0.29, 0.717) is 31.9 Å². The molecule has 2 aliphatic rings. The fourth-order valence-corrected chi connectivity index (χ4v) is 5.67. The van der Waals surface area contributed by atoms with E-state index in [1.807, 2.05) is 24.3 Å².